The van der Waals surface area contributed by atoms with Crippen LogP contribution in [0.4, 0.5) is 20.2 Å². The highest BCUT2D eigenvalue weighted by Gasteiger charge is 2.57. The molecule has 0 aliphatic heterocycles. The molecule has 0 radical (unpaired) electrons. The van der Waals surface area contributed by atoms with Crippen molar-refractivity contribution in [3.8, 4) is 23.0 Å². The third-order valence-corrected chi connectivity index (χ3v) is 7.54. The van der Waals surface area contributed by atoms with Crippen LogP contribution >= 0.6 is 0 Å². The summed E-state index contributed by atoms with van der Waals surface area (Å²) in [5, 5.41) is 0.556. The molecule has 4 aromatic carbocycles. The van der Waals surface area contributed by atoms with Gasteiger partial charge in [-0.05, 0) is 66.9 Å². The quantitative estimate of drug-likeness (QED) is 0.178. The first-order valence-electron chi connectivity index (χ1n) is 13.8. The molecule has 1 aromatic heterocycles. The number of hydrogen-bond acceptors (Lipinski definition) is 6. The van der Waals surface area contributed by atoms with Crippen molar-refractivity contribution in [3.63, 3.8) is 0 Å². The van der Waals surface area contributed by atoms with Crippen molar-refractivity contribution in [2.75, 3.05) is 12.0 Å². The number of pyridine rings is 1. The lowest BCUT2D eigenvalue weighted by Crippen LogP contribution is -2.41. The fraction of sp³-hybridized carbons (Fsp3) is 0.147. The summed E-state index contributed by atoms with van der Waals surface area (Å²) in [6.45, 7) is 0.301. The number of halogens is 2. The standard InChI is InChI=1S/C34H27F2N3O5/c1-42-30-19-27-25(18-31(30)43-20-21-5-3-2-4-6-21)28(13-16-38-27)44-29-12-11-24(17-26(29)36)39(23-9-7-22(35)8-10-23)33(41)34(14-15-34)32(37)40/h2-13,16-19H,14-15,20H2,1H3,(H2,37,40). The second kappa shape index (κ2) is 11.6. The normalized spacial score (nSPS) is 13.2. The smallest absolute Gasteiger partial charge is 0.247 e. The number of hydrogen-bond donors (Lipinski definition) is 1. The van der Waals surface area contributed by atoms with E-state index < -0.39 is 28.9 Å². The summed E-state index contributed by atoms with van der Waals surface area (Å²) >= 11 is 0. The Bertz CT molecular complexity index is 1860. The Morgan fingerprint density at radius 1 is 0.864 bits per heavy atom. The van der Waals surface area contributed by atoms with Crippen molar-refractivity contribution >= 4 is 34.1 Å². The van der Waals surface area contributed by atoms with Gasteiger partial charge in [-0.1, -0.05) is 30.3 Å². The number of aromatic nitrogens is 1. The maximum Gasteiger partial charge on any atom is 0.247 e. The zero-order valence-electron chi connectivity index (χ0n) is 23.6. The van der Waals surface area contributed by atoms with Crippen LogP contribution in [0.15, 0.2) is 97.2 Å². The third-order valence-electron chi connectivity index (χ3n) is 7.54. The summed E-state index contributed by atoms with van der Waals surface area (Å²) in [4.78, 5) is 31.3. The van der Waals surface area contributed by atoms with E-state index in [-0.39, 0.29) is 30.0 Å². The van der Waals surface area contributed by atoms with Gasteiger partial charge in [-0.3, -0.25) is 19.5 Å². The number of anilines is 2. The summed E-state index contributed by atoms with van der Waals surface area (Å²) in [5.74, 6) is -1.53. The third kappa shape index (κ3) is 5.49. The zero-order valence-corrected chi connectivity index (χ0v) is 23.6. The molecule has 1 heterocycles. The molecule has 0 atom stereocenters. The first-order valence-corrected chi connectivity index (χ1v) is 13.8. The molecule has 1 aliphatic carbocycles. The molecule has 1 saturated carbocycles. The van der Waals surface area contributed by atoms with Crippen LogP contribution in [-0.4, -0.2) is 23.9 Å². The Morgan fingerprint density at radius 3 is 2.25 bits per heavy atom. The summed E-state index contributed by atoms with van der Waals surface area (Å²) in [7, 11) is 1.53. The van der Waals surface area contributed by atoms with Crippen molar-refractivity contribution in [2.45, 2.75) is 19.4 Å². The van der Waals surface area contributed by atoms with Gasteiger partial charge < -0.3 is 19.9 Å². The highest BCUT2D eigenvalue weighted by molar-refractivity contribution is 6.16. The highest BCUT2D eigenvalue weighted by Crippen LogP contribution is 2.49. The molecular formula is C34H27F2N3O5. The molecule has 6 rings (SSSR count). The van der Waals surface area contributed by atoms with Gasteiger partial charge in [0, 0.05) is 29.4 Å². The lowest BCUT2D eigenvalue weighted by Gasteiger charge is -2.26. The molecule has 1 fully saturated rings. The van der Waals surface area contributed by atoms with Crippen LogP contribution in [0.2, 0.25) is 0 Å². The fourth-order valence-electron chi connectivity index (χ4n) is 4.93. The van der Waals surface area contributed by atoms with Gasteiger partial charge >= 0.3 is 0 Å². The molecule has 222 valence electrons. The van der Waals surface area contributed by atoms with Crippen molar-refractivity contribution < 1.29 is 32.6 Å². The first-order chi connectivity index (χ1) is 21.3. The van der Waals surface area contributed by atoms with Gasteiger partial charge in [0.05, 0.1) is 18.3 Å². The molecule has 10 heteroatoms. The largest absolute Gasteiger partial charge is 0.493 e. The summed E-state index contributed by atoms with van der Waals surface area (Å²) < 4.78 is 46.9. The summed E-state index contributed by atoms with van der Waals surface area (Å²) in [6, 6.07) is 23.8. The lowest BCUT2D eigenvalue weighted by molar-refractivity contribution is -0.133. The topological polar surface area (TPSA) is 104 Å². The maximum absolute atomic E-state index is 15.6. The summed E-state index contributed by atoms with van der Waals surface area (Å²) in [6.07, 6.45) is 2.08. The number of benzene rings is 4. The Hall–Kier alpha value is -5.51. The number of rotatable bonds is 10. The van der Waals surface area contributed by atoms with Gasteiger partial charge in [-0.15, -0.1) is 0 Å². The average Bonchev–Trinajstić information content (AvgIpc) is 3.85. The van der Waals surface area contributed by atoms with Gasteiger partial charge in [0.1, 0.15) is 23.6 Å². The molecule has 2 amide bonds. The van der Waals surface area contributed by atoms with Crippen LogP contribution in [0.5, 0.6) is 23.0 Å². The van der Waals surface area contributed by atoms with Gasteiger partial charge in [0.25, 0.3) is 0 Å². The number of carbonyl (C=O) groups excluding carboxylic acids is 2. The minimum Gasteiger partial charge on any atom is -0.493 e. The van der Waals surface area contributed by atoms with Gasteiger partial charge in [0.2, 0.25) is 11.8 Å². The molecule has 0 bridgehead atoms. The van der Waals surface area contributed by atoms with Crippen molar-refractivity contribution in [1.29, 1.82) is 0 Å². The van der Waals surface area contributed by atoms with E-state index in [1.54, 1.807) is 18.2 Å². The first kappa shape index (κ1) is 28.6. The van der Waals surface area contributed by atoms with Crippen LogP contribution < -0.4 is 24.8 Å². The predicted octanol–water partition coefficient (Wildman–Crippen LogP) is 6.82. The number of methoxy groups -OCH3 is 1. The monoisotopic (exact) mass is 595 g/mol. The number of carbonyl (C=O) groups is 2. The SMILES string of the molecule is COc1cc2nccc(Oc3ccc(N(C(=O)C4(C(N)=O)CC4)c4ccc(F)cc4)cc3F)c2cc1OCc1ccccc1. The number of primary amides is 1. The van der Waals surface area contributed by atoms with E-state index in [2.05, 4.69) is 4.98 Å². The fourth-order valence-corrected chi connectivity index (χ4v) is 4.93. The lowest BCUT2D eigenvalue weighted by atomic mass is 10.0. The molecule has 1 aliphatic rings. The van der Waals surface area contributed by atoms with Crippen LogP contribution in [0.1, 0.15) is 18.4 Å². The summed E-state index contributed by atoms with van der Waals surface area (Å²) in [5.41, 5.74) is 6.05. The second-order valence-electron chi connectivity index (χ2n) is 10.4. The Labute approximate surface area is 251 Å². The molecule has 2 N–H and O–H groups in total. The van der Waals surface area contributed by atoms with E-state index in [0.29, 0.717) is 34.8 Å². The van der Waals surface area contributed by atoms with Gasteiger partial charge in [0.15, 0.2) is 23.1 Å². The van der Waals surface area contributed by atoms with Crippen molar-refractivity contribution in [3.05, 3.63) is 114 Å². The highest BCUT2D eigenvalue weighted by atomic mass is 19.1. The van der Waals surface area contributed by atoms with Crippen LogP contribution in [0, 0.1) is 17.0 Å². The zero-order chi connectivity index (χ0) is 30.8. The number of amides is 2. The molecule has 44 heavy (non-hydrogen) atoms. The molecule has 0 spiro atoms. The molecule has 8 nitrogen and oxygen atoms in total. The van der Waals surface area contributed by atoms with E-state index in [1.807, 2.05) is 30.3 Å². The van der Waals surface area contributed by atoms with Gasteiger partial charge in [-0.2, -0.15) is 0 Å². The van der Waals surface area contributed by atoms with Crippen LogP contribution in [0.3, 0.4) is 0 Å². The minimum absolute atomic E-state index is 0.119. The maximum atomic E-state index is 15.6. The Balaban J connectivity index is 1.32. The molecular weight excluding hydrogens is 568 g/mol. The Morgan fingerprint density at radius 2 is 1.59 bits per heavy atom. The van der Waals surface area contributed by atoms with E-state index in [9.17, 15) is 14.0 Å². The number of ether oxygens (including phenoxy) is 3. The van der Waals surface area contributed by atoms with Crippen LogP contribution in [-0.2, 0) is 16.2 Å². The van der Waals surface area contributed by atoms with Crippen molar-refractivity contribution in [2.24, 2.45) is 11.1 Å². The minimum atomic E-state index is -1.39. The molecule has 5 aromatic rings. The number of fused-ring (bicyclic) bond motifs is 1. The molecule has 0 saturated heterocycles. The number of nitrogens with zero attached hydrogens (tertiary/aromatic N) is 2. The van der Waals surface area contributed by atoms with Crippen molar-refractivity contribution in [1.82, 2.24) is 4.98 Å². The molecule has 0 unspecified atom stereocenters. The van der Waals surface area contributed by atoms with E-state index >= 15 is 4.39 Å². The van der Waals surface area contributed by atoms with E-state index in [1.165, 1.54) is 54.6 Å². The number of nitrogens with two attached hydrogens (primary N) is 1. The predicted molar refractivity (Wildman–Crippen MR) is 160 cm³/mol. The van der Waals surface area contributed by atoms with Gasteiger partial charge in [-0.25, -0.2) is 8.78 Å². The van der Waals surface area contributed by atoms with E-state index in [0.717, 1.165) is 11.6 Å². The van der Waals surface area contributed by atoms with Crippen LogP contribution in [0.25, 0.3) is 10.9 Å². The second-order valence-corrected chi connectivity index (χ2v) is 10.4. The Kier molecular flexibility index (Phi) is 7.57. The average molecular weight is 596 g/mol. The van der Waals surface area contributed by atoms with E-state index in [4.69, 9.17) is 19.9 Å².